The molecule has 0 N–H and O–H groups in total. The maximum Gasteiger partial charge on any atom is 0.228 e. The van der Waals surface area contributed by atoms with E-state index in [1.54, 1.807) is 0 Å². The maximum atomic E-state index is 13.3. The summed E-state index contributed by atoms with van der Waals surface area (Å²) in [5.41, 5.74) is 4.17. The van der Waals surface area contributed by atoms with E-state index in [1.165, 1.54) is 24.0 Å². The molecule has 1 saturated heterocycles. The van der Waals surface area contributed by atoms with Gasteiger partial charge in [-0.15, -0.1) is 0 Å². The van der Waals surface area contributed by atoms with Crippen LogP contribution in [-0.4, -0.2) is 58.6 Å². The van der Waals surface area contributed by atoms with Crippen molar-refractivity contribution >= 4 is 16.9 Å². The van der Waals surface area contributed by atoms with E-state index in [9.17, 15) is 4.79 Å². The van der Waals surface area contributed by atoms with E-state index in [1.807, 2.05) is 47.6 Å². The number of aryl methyl sites for hydroxylation is 1. The summed E-state index contributed by atoms with van der Waals surface area (Å²) in [6.07, 6.45) is 10.6. The van der Waals surface area contributed by atoms with E-state index in [2.05, 4.69) is 45.4 Å². The fraction of sp³-hybridized carbons (Fsp3) is 0.424. The van der Waals surface area contributed by atoms with Gasteiger partial charge in [0.15, 0.2) is 5.58 Å². The van der Waals surface area contributed by atoms with Crippen molar-refractivity contribution in [2.24, 2.45) is 5.41 Å². The molecule has 208 valence electrons. The molecule has 1 fully saturated rings. The first kappa shape index (κ1) is 26.5. The number of rotatable bonds is 4. The van der Waals surface area contributed by atoms with E-state index >= 15 is 0 Å². The zero-order valence-electron chi connectivity index (χ0n) is 23.1. The first-order valence-electron chi connectivity index (χ1n) is 14.6. The zero-order valence-corrected chi connectivity index (χ0v) is 23.1. The standard InChI is InChI=1S/C33H38N4O3/c38-32(22-29-28-11-2-4-13-31(28)40-35-29)37-18-15-33(16-19-37)14-6-5-10-27-9-1-3-12-30(27)39-21-20-36(25-33)24-26-8-7-17-34-23-26/h1-4,7-9,11-13,17,23H,5-6,10,14-16,18-22,24-25H2. The first-order chi connectivity index (χ1) is 19.7. The van der Waals surface area contributed by atoms with Crippen LogP contribution in [0.1, 0.15) is 48.9 Å². The van der Waals surface area contributed by atoms with Gasteiger partial charge in [-0.2, -0.15) is 0 Å². The molecule has 0 saturated carbocycles. The van der Waals surface area contributed by atoms with Gasteiger partial charge in [-0.05, 0) is 72.9 Å². The van der Waals surface area contributed by atoms with Crippen LogP contribution < -0.4 is 4.74 Å². The number of carbonyl (C=O) groups is 1. The third-order valence-corrected chi connectivity index (χ3v) is 8.68. The van der Waals surface area contributed by atoms with Gasteiger partial charge in [0, 0.05) is 50.5 Å². The summed E-state index contributed by atoms with van der Waals surface area (Å²) in [5.74, 6) is 1.16. The van der Waals surface area contributed by atoms with Crippen molar-refractivity contribution in [3.8, 4) is 5.75 Å². The Morgan fingerprint density at radius 1 is 0.925 bits per heavy atom. The van der Waals surface area contributed by atoms with Gasteiger partial charge < -0.3 is 14.2 Å². The Labute approximate surface area is 236 Å². The van der Waals surface area contributed by atoms with Crippen molar-refractivity contribution in [1.29, 1.82) is 0 Å². The van der Waals surface area contributed by atoms with Gasteiger partial charge in [0.1, 0.15) is 18.1 Å². The highest BCUT2D eigenvalue weighted by atomic mass is 16.5. The lowest BCUT2D eigenvalue weighted by Gasteiger charge is -2.45. The summed E-state index contributed by atoms with van der Waals surface area (Å²) < 4.78 is 11.7. The number of benzene rings is 2. The van der Waals surface area contributed by atoms with Crippen LogP contribution in [0.2, 0.25) is 0 Å². The van der Waals surface area contributed by atoms with E-state index in [0.717, 1.165) is 80.8 Å². The number of aromatic nitrogens is 2. The molecular formula is C33H38N4O3. The Kier molecular flexibility index (Phi) is 8.09. The molecule has 1 spiro atoms. The molecule has 0 bridgehead atoms. The minimum absolute atomic E-state index is 0.138. The Morgan fingerprint density at radius 2 is 1.77 bits per heavy atom. The number of nitrogens with zero attached hydrogens (tertiary/aromatic N) is 4. The monoisotopic (exact) mass is 538 g/mol. The average molecular weight is 539 g/mol. The van der Waals surface area contributed by atoms with Crippen LogP contribution in [0, 0.1) is 5.41 Å². The minimum atomic E-state index is 0.138. The molecule has 4 aromatic rings. The summed E-state index contributed by atoms with van der Waals surface area (Å²) >= 11 is 0. The number of piperidine rings is 1. The predicted molar refractivity (Wildman–Crippen MR) is 155 cm³/mol. The van der Waals surface area contributed by atoms with Crippen molar-refractivity contribution in [3.63, 3.8) is 0 Å². The summed E-state index contributed by atoms with van der Waals surface area (Å²) in [6.45, 7) is 4.94. The fourth-order valence-corrected chi connectivity index (χ4v) is 6.43. The quantitative estimate of drug-likeness (QED) is 0.333. The second-order valence-electron chi connectivity index (χ2n) is 11.4. The number of carbonyl (C=O) groups excluding carboxylic acids is 1. The van der Waals surface area contributed by atoms with Gasteiger partial charge in [0.2, 0.25) is 5.91 Å². The van der Waals surface area contributed by atoms with Gasteiger partial charge in [-0.1, -0.05) is 48.0 Å². The molecule has 1 amide bonds. The molecule has 6 rings (SSSR count). The molecule has 7 heteroatoms. The van der Waals surface area contributed by atoms with Gasteiger partial charge in [0.25, 0.3) is 0 Å². The predicted octanol–water partition coefficient (Wildman–Crippen LogP) is 5.68. The third kappa shape index (κ3) is 6.20. The number of amides is 1. The molecular weight excluding hydrogens is 500 g/mol. The van der Waals surface area contributed by atoms with Crippen molar-refractivity contribution in [2.45, 2.75) is 51.5 Å². The molecule has 2 aliphatic rings. The number of ether oxygens (including phenoxy) is 1. The number of likely N-dealkylation sites (tertiary alicyclic amines) is 1. The highest BCUT2D eigenvalue weighted by Crippen LogP contribution is 2.39. The smallest absolute Gasteiger partial charge is 0.228 e. The molecule has 0 unspecified atom stereocenters. The fourth-order valence-electron chi connectivity index (χ4n) is 6.43. The molecule has 2 aliphatic heterocycles. The molecule has 4 heterocycles. The highest BCUT2D eigenvalue weighted by Gasteiger charge is 2.37. The van der Waals surface area contributed by atoms with E-state index < -0.39 is 0 Å². The lowest BCUT2D eigenvalue weighted by atomic mass is 9.73. The summed E-state index contributed by atoms with van der Waals surface area (Å²) in [5, 5.41) is 5.12. The number of fused-ring (bicyclic) bond motifs is 2. The molecule has 40 heavy (non-hydrogen) atoms. The second-order valence-corrected chi connectivity index (χ2v) is 11.4. The Morgan fingerprint density at radius 3 is 2.65 bits per heavy atom. The van der Waals surface area contributed by atoms with Crippen LogP contribution in [0.3, 0.4) is 0 Å². The first-order valence-corrected chi connectivity index (χ1v) is 14.6. The van der Waals surface area contributed by atoms with Gasteiger partial charge in [-0.3, -0.25) is 14.7 Å². The lowest BCUT2D eigenvalue weighted by molar-refractivity contribution is -0.133. The SMILES string of the molecule is O=C(Cc1noc2ccccc12)N1CCC2(CCCCc3ccccc3OCCN(Cc3cccnc3)C2)CC1. The molecule has 0 radical (unpaired) electrons. The molecule has 7 nitrogen and oxygen atoms in total. The van der Waals surface area contributed by atoms with Crippen molar-refractivity contribution < 1.29 is 14.1 Å². The van der Waals surface area contributed by atoms with Crippen LogP contribution in [0.15, 0.2) is 77.6 Å². The highest BCUT2D eigenvalue weighted by molar-refractivity contribution is 5.86. The van der Waals surface area contributed by atoms with Crippen LogP contribution in [0.4, 0.5) is 0 Å². The maximum absolute atomic E-state index is 13.3. The van der Waals surface area contributed by atoms with Crippen LogP contribution in [0.25, 0.3) is 11.0 Å². The third-order valence-electron chi connectivity index (χ3n) is 8.68. The normalized spacial score (nSPS) is 18.4. The van der Waals surface area contributed by atoms with E-state index in [0.29, 0.717) is 6.61 Å². The van der Waals surface area contributed by atoms with Crippen molar-refractivity contribution in [3.05, 3.63) is 89.9 Å². The van der Waals surface area contributed by atoms with Gasteiger partial charge in [-0.25, -0.2) is 0 Å². The van der Waals surface area contributed by atoms with Gasteiger partial charge >= 0.3 is 0 Å². The summed E-state index contributed by atoms with van der Waals surface area (Å²) in [7, 11) is 0. The van der Waals surface area contributed by atoms with Gasteiger partial charge in [0.05, 0.1) is 6.42 Å². The average Bonchev–Trinajstić information content (AvgIpc) is 3.39. The molecule has 2 aromatic heterocycles. The lowest BCUT2D eigenvalue weighted by Crippen LogP contribution is -2.48. The van der Waals surface area contributed by atoms with E-state index in [4.69, 9.17) is 9.26 Å². The van der Waals surface area contributed by atoms with E-state index in [-0.39, 0.29) is 17.7 Å². The summed E-state index contributed by atoms with van der Waals surface area (Å²) in [6, 6.07) is 20.4. The second kappa shape index (κ2) is 12.2. The Bertz CT molecular complexity index is 1410. The number of hydrogen-bond donors (Lipinski definition) is 0. The Hall–Kier alpha value is -3.71. The number of pyridine rings is 1. The number of hydrogen-bond acceptors (Lipinski definition) is 6. The van der Waals surface area contributed by atoms with Crippen LogP contribution >= 0.6 is 0 Å². The minimum Gasteiger partial charge on any atom is -0.492 e. The van der Waals surface area contributed by atoms with Crippen LogP contribution in [-0.2, 0) is 24.2 Å². The molecule has 0 aliphatic carbocycles. The molecule has 0 atom stereocenters. The zero-order chi connectivity index (χ0) is 27.2. The Balaban J connectivity index is 1.16. The van der Waals surface area contributed by atoms with Crippen molar-refractivity contribution in [1.82, 2.24) is 19.9 Å². The topological polar surface area (TPSA) is 71.7 Å². The molecule has 2 aromatic carbocycles. The van der Waals surface area contributed by atoms with Crippen molar-refractivity contribution in [2.75, 3.05) is 32.8 Å². The van der Waals surface area contributed by atoms with Crippen LogP contribution in [0.5, 0.6) is 5.75 Å². The largest absolute Gasteiger partial charge is 0.492 e. The number of para-hydroxylation sites is 2. The summed E-state index contributed by atoms with van der Waals surface area (Å²) in [4.78, 5) is 22.3.